The number of rotatable bonds is 4. The fraction of sp³-hybridized carbons (Fsp3) is 0.500. The van der Waals surface area contributed by atoms with E-state index in [2.05, 4.69) is 17.2 Å². The zero-order chi connectivity index (χ0) is 15.1. The Hall–Kier alpha value is -1.79. The molecule has 3 heteroatoms. The summed E-state index contributed by atoms with van der Waals surface area (Å²) >= 11 is 0. The minimum atomic E-state index is -0.178. The molecule has 0 unspecified atom stereocenters. The summed E-state index contributed by atoms with van der Waals surface area (Å²) in [5.74, 6) is 6.31. The van der Waals surface area contributed by atoms with E-state index in [1.807, 2.05) is 25.1 Å². The fourth-order valence-electron chi connectivity index (χ4n) is 2.85. The first-order valence-corrected chi connectivity index (χ1v) is 7.69. The van der Waals surface area contributed by atoms with E-state index < -0.39 is 0 Å². The number of carbonyl (C=O) groups excluding carboxylic acids is 1. The van der Waals surface area contributed by atoms with Gasteiger partial charge in [-0.3, -0.25) is 4.79 Å². The van der Waals surface area contributed by atoms with Gasteiger partial charge in [0.15, 0.2) is 0 Å². The highest BCUT2D eigenvalue weighted by atomic mass is 16.2. The van der Waals surface area contributed by atoms with Gasteiger partial charge >= 0.3 is 0 Å². The lowest BCUT2D eigenvalue weighted by atomic mass is 10.0. The van der Waals surface area contributed by atoms with Gasteiger partial charge in [0, 0.05) is 12.0 Å². The average Bonchev–Trinajstić information content (AvgIpc) is 2.98. The van der Waals surface area contributed by atoms with Gasteiger partial charge in [0.25, 0.3) is 0 Å². The molecule has 0 radical (unpaired) electrons. The molecule has 2 rings (SSSR count). The third kappa shape index (κ3) is 4.91. The molecule has 21 heavy (non-hydrogen) atoms. The second-order valence-corrected chi connectivity index (χ2v) is 5.75. The van der Waals surface area contributed by atoms with Crippen LogP contribution in [0, 0.1) is 24.7 Å². The zero-order valence-corrected chi connectivity index (χ0v) is 12.6. The highest BCUT2D eigenvalue weighted by Gasteiger charge is 2.16. The second-order valence-electron chi connectivity index (χ2n) is 5.75. The monoisotopic (exact) mass is 285 g/mol. The van der Waals surface area contributed by atoms with Crippen molar-refractivity contribution in [3.05, 3.63) is 29.3 Å². The van der Waals surface area contributed by atoms with Crippen LogP contribution < -0.4 is 5.32 Å². The van der Waals surface area contributed by atoms with E-state index in [1.54, 1.807) is 0 Å². The Bertz CT molecular complexity index is 548. The van der Waals surface area contributed by atoms with Crippen LogP contribution in [0.2, 0.25) is 0 Å². The molecule has 1 aliphatic carbocycles. The van der Waals surface area contributed by atoms with Crippen LogP contribution in [-0.4, -0.2) is 17.6 Å². The van der Waals surface area contributed by atoms with Crippen molar-refractivity contribution in [3.63, 3.8) is 0 Å². The van der Waals surface area contributed by atoms with Crippen molar-refractivity contribution in [2.45, 2.75) is 45.4 Å². The van der Waals surface area contributed by atoms with Crippen molar-refractivity contribution in [2.75, 3.05) is 11.9 Å². The quantitative estimate of drug-likeness (QED) is 0.834. The van der Waals surface area contributed by atoms with E-state index in [1.165, 1.54) is 25.7 Å². The Morgan fingerprint density at radius 3 is 2.86 bits per heavy atom. The minimum absolute atomic E-state index is 0.0535. The average molecular weight is 285 g/mol. The number of aliphatic hydroxyl groups is 1. The molecular weight excluding hydrogens is 262 g/mol. The van der Waals surface area contributed by atoms with Crippen LogP contribution in [0.5, 0.6) is 0 Å². The fourth-order valence-corrected chi connectivity index (χ4v) is 2.85. The molecule has 112 valence electrons. The summed E-state index contributed by atoms with van der Waals surface area (Å²) in [6, 6.07) is 5.76. The number of aryl methyl sites for hydroxylation is 1. The predicted octanol–water partition coefficient (Wildman–Crippen LogP) is 3.25. The van der Waals surface area contributed by atoms with Crippen LogP contribution in [0.3, 0.4) is 0 Å². The van der Waals surface area contributed by atoms with Gasteiger partial charge in [-0.05, 0) is 37.0 Å². The molecule has 1 saturated carbocycles. The van der Waals surface area contributed by atoms with E-state index >= 15 is 0 Å². The maximum Gasteiger partial charge on any atom is 0.224 e. The molecule has 3 nitrogen and oxygen atoms in total. The summed E-state index contributed by atoms with van der Waals surface area (Å²) in [6.07, 6.45) is 6.72. The Balaban J connectivity index is 1.95. The number of benzene rings is 1. The minimum Gasteiger partial charge on any atom is -0.384 e. The molecule has 0 atom stereocenters. The van der Waals surface area contributed by atoms with Gasteiger partial charge in [-0.25, -0.2) is 0 Å². The summed E-state index contributed by atoms with van der Waals surface area (Å²) in [6.45, 7) is 1.80. The molecule has 1 aromatic carbocycles. The van der Waals surface area contributed by atoms with Crippen molar-refractivity contribution in [2.24, 2.45) is 5.92 Å². The second kappa shape index (κ2) is 7.85. The Morgan fingerprint density at radius 1 is 1.38 bits per heavy atom. The number of anilines is 1. The first kappa shape index (κ1) is 15.6. The molecule has 2 N–H and O–H groups in total. The smallest absolute Gasteiger partial charge is 0.224 e. The van der Waals surface area contributed by atoms with E-state index in [-0.39, 0.29) is 12.5 Å². The lowest BCUT2D eigenvalue weighted by Gasteiger charge is -2.11. The van der Waals surface area contributed by atoms with E-state index in [4.69, 9.17) is 5.11 Å². The molecule has 1 aromatic rings. The summed E-state index contributed by atoms with van der Waals surface area (Å²) in [7, 11) is 0. The Kier molecular flexibility index (Phi) is 5.83. The maximum atomic E-state index is 12.1. The van der Waals surface area contributed by atoms with Crippen LogP contribution in [0.1, 0.15) is 49.7 Å². The maximum absolute atomic E-state index is 12.1. The standard InChI is InChI=1S/C18H23NO2/c1-14-8-10-17(16(13-14)7-4-12-20)19-18(21)11-9-15-5-2-3-6-15/h8,10,13,15,20H,2-3,5-6,9,11-12H2,1H3,(H,19,21). The van der Waals surface area contributed by atoms with Crippen molar-refractivity contribution in [1.29, 1.82) is 0 Å². The van der Waals surface area contributed by atoms with E-state index in [0.29, 0.717) is 6.42 Å². The Morgan fingerprint density at radius 2 is 2.14 bits per heavy atom. The number of amides is 1. The largest absolute Gasteiger partial charge is 0.384 e. The summed E-state index contributed by atoms with van der Waals surface area (Å²) < 4.78 is 0. The molecule has 1 aliphatic rings. The molecule has 0 heterocycles. The van der Waals surface area contributed by atoms with Crippen LogP contribution in [0.15, 0.2) is 18.2 Å². The number of carbonyl (C=O) groups is 1. The number of hydrogen-bond acceptors (Lipinski definition) is 2. The molecule has 0 aromatic heterocycles. The summed E-state index contributed by atoms with van der Waals surface area (Å²) in [5, 5.41) is 11.8. The van der Waals surface area contributed by atoms with E-state index in [0.717, 1.165) is 29.2 Å². The van der Waals surface area contributed by atoms with E-state index in [9.17, 15) is 4.79 Å². The first-order valence-electron chi connectivity index (χ1n) is 7.69. The van der Waals surface area contributed by atoms with Gasteiger partial charge in [0.05, 0.1) is 5.69 Å². The number of nitrogens with one attached hydrogen (secondary N) is 1. The molecule has 1 amide bonds. The lowest BCUT2D eigenvalue weighted by molar-refractivity contribution is -0.116. The van der Waals surface area contributed by atoms with Crippen molar-refractivity contribution < 1.29 is 9.90 Å². The van der Waals surface area contributed by atoms with Gasteiger partial charge in [0.2, 0.25) is 5.91 Å². The summed E-state index contributed by atoms with van der Waals surface area (Å²) in [4.78, 5) is 12.1. The highest BCUT2D eigenvalue weighted by molar-refractivity contribution is 5.92. The first-order chi connectivity index (χ1) is 10.2. The number of hydrogen-bond donors (Lipinski definition) is 2. The SMILES string of the molecule is Cc1ccc(NC(=O)CCC2CCCC2)c(C#CCO)c1. The van der Waals surface area contributed by atoms with Gasteiger partial charge in [-0.1, -0.05) is 43.6 Å². The van der Waals surface area contributed by atoms with Crippen molar-refractivity contribution in [3.8, 4) is 11.8 Å². The molecule has 0 saturated heterocycles. The molecule has 0 aliphatic heterocycles. The normalized spacial score (nSPS) is 14.6. The predicted molar refractivity (Wildman–Crippen MR) is 85.0 cm³/mol. The van der Waals surface area contributed by atoms with Crippen LogP contribution in [0.4, 0.5) is 5.69 Å². The van der Waals surface area contributed by atoms with Crippen LogP contribution in [0.25, 0.3) is 0 Å². The van der Waals surface area contributed by atoms with Gasteiger partial charge < -0.3 is 10.4 Å². The van der Waals surface area contributed by atoms with Crippen molar-refractivity contribution in [1.82, 2.24) is 0 Å². The van der Waals surface area contributed by atoms with Gasteiger partial charge in [-0.2, -0.15) is 0 Å². The van der Waals surface area contributed by atoms with Gasteiger partial charge in [0.1, 0.15) is 6.61 Å². The molecular formula is C18H23NO2. The zero-order valence-electron chi connectivity index (χ0n) is 12.6. The van der Waals surface area contributed by atoms with Crippen LogP contribution >= 0.6 is 0 Å². The highest BCUT2D eigenvalue weighted by Crippen LogP contribution is 2.28. The Labute approximate surface area is 126 Å². The summed E-state index contributed by atoms with van der Waals surface area (Å²) in [5.41, 5.74) is 2.58. The molecule has 0 spiro atoms. The van der Waals surface area contributed by atoms with Gasteiger partial charge in [-0.15, -0.1) is 0 Å². The molecule has 1 fully saturated rings. The third-order valence-electron chi connectivity index (χ3n) is 4.01. The number of aliphatic hydroxyl groups excluding tert-OH is 1. The molecule has 0 bridgehead atoms. The third-order valence-corrected chi connectivity index (χ3v) is 4.01. The van der Waals surface area contributed by atoms with Crippen molar-refractivity contribution >= 4 is 11.6 Å². The van der Waals surface area contributed by atoms with Crippen LogP contribution in [-0.2, 0) is 4.79 Å². The topological polar surface area (TPSA) is 49.3 Å². The lowest BCUT2D eigenvalue weighted by Crippen LogP contribution is -2.13.